The minimum absolute atomic E-state index is 0.729. The number of aromatic nitrogens is 3. The Kier molecular flexibility index (Phi) is 4.42. The van der Waals surface area contributed by atoms with Crippen molar-refractivity contribution in [3.63, 3.8) is 0 Å². The van der Waals surface area contributed by atoms with Gasteiger partial charge in [-0.1, -0.05) is 24.6 Å². The molecule has 17 heavy (non-hydrogen) atoms. The van der Waals surface area contributed by atoms with Gasteiger partial charge in [0.1, 0.15) is 6.33 Å². The summed E-state index contributed by atoms with van der Waals surface area (Å²) >= 11 is 7.54. The number of benzene rings is 1. The zero-order chi connectivity index (χ0) is 12.1. The number of halogens is 1. The quantitative estimate of drug-likeness (QED) is 0.876. The van der Waals surface area contributed by atoms with Crippen LogP contribution in [0, 0.1) is 0 Å². The van der Waals surface area contributed by atoms with Gasteiger partial charge in [-0.15, -0.1) is 0 Å². The van der Waals surface area contributed by atoms with Gasteiger partial charge in [-0.3, -0.25) is 5.10 Å². The van der Waals surface area contributed by atoms with Gasteiger partial charge >= 0.3 is 0 Å². The third kappa shape index (κ3) is 3.46. The predicted molar refractivity (Wildman–Crippen MR) is 69.3 cm³/mol. The zero-order valence-electron chi connectivity index (χ0n) is 9.40. The number of rotatable bonds is 5. The number of hydrogen-bond donors (Lipinski definition) is 2. The molecule has 0 aliphatic heterocycles. The molecule has 1 heterocycles. The summed E-state index contributed by atoms with van der Waals surface area (Å²) in [4.78, 5) is 5.19. The Hall–Kier alpha value is -1.04. The Labute approximate surface area is 109 Å². The molecule has 0 atom stereocenters. The van der Waals surface area contributed by atoms with Crippen LogP contribution in [0.2, 0.25) is 5.02 Å². The van der Waals surface area contributed by atoms with Crippen LogP contribution in [-0.4, -0.2) is 21.7 Å². The minimum Gasteiger partial charge on any atom is -0.313 e. The van der Waals surface area contributed by atoms with Gasteiger partial charge in [0, 0.05) is 16.5 Å². The van der Waals surface area contributed by atoms with Crippen LogP contribution < -0.4 is 5.32 Å². The van der Waals surface area contributed by atoms with E-state index in [-0.39, 0.29) is 0 Å². The predicted octanol–water partition coefficient (Wildman–Crippen LogP) is 2.72. The lowest BCUT2D eigenvalue weighted by molar-refractivity contribution is 0.718. The summed E-state index contributed by atoms with van der Waals surface area (Å²) in [6.07, 6.45) is 1.50. The number of H-pyrrole nitrogens is 1. The van der Waals surface area contributed by atoms with E-state index in [0.29, 0.717) is 0 Å². The van der Waals surface area contributed by atoms with Gasteiger partial charge in [-0.05, 0) is 36.0 Å². The molecule has 0 amide bonds. The lowest BCUT2D eigenvalue weighted by atomic mass is 10.2. The first-order chi connectivity index (χ1) is 8.29. The van der Waals surface area contributed by atoms with Crippen LogP contribution in [0.25, 0.3) is 0 Å². The molecule has 0 aliphatic rings. The molecule has 1 aromatic carbocycles. The summed E-state index contributed by atoms with van der Waals surface area (Å²) in [6.45, 7) is 3.85. The number of nitrogens with zero attached hydrogens (tertiary/aromatic N) is 2. The van der Waals surface area contributed by atoms with Crippen LogP contribution in [0.1, 0.15) is 12.5 Å². The van der Waals surface area contributed by atoms with Crippen molar-refractivity contribution in [1.82, 2.24) is 20.5 Å². The van der Waals surface area contributed by atoms with Gasteiger partial charge in [-0.25, -0.2) is 4.98 Å². The Morgan fingerprint density at radius 3 is 3.06 bits per heavy atom. The number of aromatic amines is 1. The van der Waals surface area contributed by atoms with Gasteiger partial charge in [0.15, 0.2) is 5.16 Å². The smallest absolute Gasteiger partial charge is 0.188 e. The summed E-state index contributed by atoms with van der Waals surface area (Å²) in [5.74, 6) is 0. The van der Waals surface area contributed by atoms with E-state index in [4.69, 9.17) is 11.6 Å². The fourth-order valence-electron chi connectivity index (χ4n) is 1.38. The summed E-state index contributed by atoms with van der Waals surface area (Å²) in [7, 11) is 0. The molecule has 1 aromatic heterocycles. The van der Waals surface area contributed by atoms with Crippen LogP contribution >= 0.6 is 23.4 Å². The van der Waals surface area contributed by atoms with Gasteiger partial charge in [0.2, 0.25) is 0 Å². The maximum Gasteiger partial charge on any atom is 0.188 e. The molecular weight excluding hydrogens is 256 g/mol. The largest absolute Gasteiger partial charge is 0.313 e. The summed E-state index contributed by atoms with van der Waals surface area (Å²) in [5, 5.41) is 11.5. The molecule has 2 N–H and O–H groups in total. The molecule has 2 aromatic rings. The molecule has 0 bridgehead atoms. The number of hydrogen-bond acceptors (Lipinski definition) is 4. The first-order valence-electron chi connectivity index (χ1n) is 5.32. The van der Waals surface area contributed by atoms with Gasteiger partial charge in [0.25, 0.3) is 0 Å². The highest BCUT2D eigenvalue weighted by Gasteiger charge is 2.07. The normalized spacial score (nSPS) is 10.7. The molecule has 0 saturated carbocycles. The molecule has 0 fully saturated rings. The Balaban J connectivity index is 2.20. The van der Waals surface area contributed by atoms with Crippen molar-refractivity contribution in [2.75, 3.05) is 6.54 Å². The third-order valence-corrected chi connectivity index (χ3v) is 3.42. The fraction of sp³-hybridized carbons (Fsp3) is 0.273. The van der Waals surface area contributed by atoms with Crippen molar-refractivity contribution >= 4 is 23.4 Å². The van der Waals surface area contributed by atoms with Crippen molar-refractivity contribution < 1.29 is 0 Å². The summed E-state index contributed by atoms with van der Waals surface area (Å²) < 4.78 is 0. The van der Waals surface area contributed by atoms with Crippen LogP contribution in [0.3, 0.4) is 0 Å². The average Bonchev–Trinajstić information content (AvgIpc) is 2.81. The molecule has 0 spiro atoms. The Morgan fingerprint density at radius 1 is 1.47 bits per heavy atom. The monoisotopic (exact) mass is 268 g/mol. The maximum absolute atomic E-state index is 6.01. The van der Waals surface area contributed by atoms with E-state index >= 15 is 0 Å². The molecule has 4 nitrogen and oxygen atoms in total. The van der Waals surface area contributed by atoms with Gasteiger partial charge in [0.05, 0.1) is 0 Å². The first-order valence-corrected chi connectivity index (χ1v) is 6.51. The Bertz CT molecular complexity index is 472. The molecule has 0 unspecified atom stereocenters. The standard InChI is InChI=1S/C11H13ClN4S/c1-2-13-6-8-3-4-9(12)5-10(8)17-11-14-7-15-16-11/h3-5,7,13H,2,6H2,1H3,(H,14,15,16). The second-order valence-corrected chi connectivity index (χ2v) is 4.89. The highest BCUT2D eigenvalue weighted by Crippen LogP contribution is 2.30. The van der Waals surface area contributed by atoms with Crippen LogP contribution in [-0.2, 0) is 6.54 Å². The third-order valence-electron chi connectivity index (χ3n) is 2.19. The van der Waals surface area contributed by atoms with E-state index < -0.39 is 0 Å². The van der Waals surface area contributed by atoms with Crippen molar-refractivity contribution in [2.45, 2.75) is 23.5 Å². The summed E-state index contributed by atoms with van der Waals surface area (Å²) in [5.41, 5.74) is 1.21. The van der Waals surface area contributed by atoms with Crippen molar-refractivity contribution in [2.24, 2.45) is 0 Å². The second-order valence-electron chi connectivity index (χ2n) is 3.43. The molecular formula is C11H13ClN4S. The fourth-order valence-corrected chi connectivity index (χ4v) is 2.48. The van der Waals surface area contributed by atoms with Crippen LogP contribution in [0.4, 0.5) is 0 Å². The SMILES string of the molecule is CCNCc1ccc(Cl)cc1Sc1ncn[nH]1. The first kappa shape index (κ1) is 12.4. The zero-order valence-corrected chi connectivity index (χ0v) is 11.0. The molecule has 90 valence electrons. The van der Waals surface area contributed by atoms with Gasteiger partial charge in [-0.2, -0.15) is 5.10 Å². The molecule has 0 radical (unpaired) electrons. The molecule has 2 rings (SSSR count). The lowest BCUT2D eigenvalue weighted by Gasteiger charge is -2.08. The van der Waals surface area contributed by atoms with Crippen LogP contribution in [0.15, 0.2) is 34.6 Å². The minimum atomic E-state index is 0.729. The van der Waals surface area contributed by atoms with Crippen LogP contribution in [0.5, 0.6) is 0 Å². The summed E-state index contributed by atoms with van der Waals surface area (Å²) in [6, 6.07) is 5.88. The highest BCUT2D eigenvalue weighted by molar-refractivity contribution is 7.99. The van der Waals surface area contributed by atoms with Crippen molar-refractivity contribution in [1.29, 1.82) is 0 Å². The lowest BCUT2D eigenvalue weighted by Crippen LogP contribution is -2.12. The van der Waals surface area contributed by atoms with E-state index in [9.17, 15) is 0 Å². The van der Waals surface area contributed by atoms with Crippen molar-refractivity contribution in [3.05, 3.63) is 35.1 Å². The number of nitrogens with one attached hydrogen (secondary N) is 2. The maximum atomic E-state index is 6.01. The average molecular weight is 269 g/mol. The highest BCUT2D eigenvalue weighted by atomic mass is 35.5. The van der Waals surface area contributed by atoms with Crippen molar-refractivity contribution in [3.8, 4) is 0 Å². The molecule has 0 aliphatic carbocycles. The van der Waals surface area contributed by atoms with E-state index in [1.807, 2.05) is 18.2 Å². The second kappa shape index (κ2) is 6.05. The van der Waals surface area contributed by atoms with E-state index in [1.54, 1.807) is 0 Å². The molecule has 6 heteroatoms. The van der Waals surface area contributed by atoms with E-state index in [1.165, 1.54) is 23.7 Å². The molecule has 0 saturated heterocycles. The van der Waals surface area contributed by atoms with Gasteiger partial charge < -0.3 is 5.32 Å². The van der Waals surface area contributed by atoms with E-state index in [2.05, 4.69) is 27.4 Å². The Morgan fingerprint density at radius 2 is 2.35 bits per heavy atom. The van der Waals surface area contributed by atoms with E-state index in [0.717, 1.165) is 28.2 Å². The topological polar surface area (TPSA) is 53.6 Å².